The molecular weight excluding hydrogens is 887 g/mol. The molecule has 1 aromatic carbocycles. The Labute approximate surface area is 359 Å². The second kappa shape index (κ2) is 17.4. The molecule has 336 valence electrons. The summed E-state index contributed by atoms with van der Waals surface area (Å²) in [5.41, 5.74) is -0.140. The molecule has 8 rings (SSSR count). The molecule has 22 nitrogen and oxygen atoms in total. The van der Waals surface area contributed by atoms with Gasteiger partial charge in [-0.25, -0.2) is 33.5 Å². The summed E-state index contributed by atoms with van der Waals surface area (Å²) in [6, 6.07) is 10.4. The minimum atomic E-state index is -5.02. The molecule has 3 N–H and O–H groups in total. The van der Waals surface area contributed by atoms with Crippen molar-refractivity contribution in [2.24, 2.45) is 0 Å². The number of phosphoric acid groups is 2. The van der Waals surface area contributed by atoms with Gasteiger partial charge in [0.25, 0.3) is 11.5 Å². The lowest BCUT2D eigenvalue weighted by Crippen LogP contribution is -2.50. The number of halogens is 1. The van der Waals surface area contributed by atoms with Crippen LogP contribution >= 0.6 is 15.6 Å². The van der Waals surface area contributed by atoms with Gasteiger partial charge in [-0.3, -0.25) is 36.8 Å². The van der Waals surface area contributed by atoms with E-state index in [0.29, 0.717) is 5.56 Å². The number of aromatic amines is 1. The quantitative estimate of drug-likeness (QED) is 0.0936. The van der Waals surface area contributed by atoms with Gasteiger partial charge in [0, 0.05) is 18.2 Å². The fourth-order valence-corrected chi connectivity index (χ4v) is 10.8. The second-order valence-corrected chi connectivity index (χ2v) is 24.2. The van der Waals surface area contributed by atoms with Crippen LogP contribution in [-0.4, -0.2) is 104 Å². The van der Waals surface area contributed by atoms with Crippen LogP contribution in [0.1, 0.15) is 56.4 Å². The van der Waals surface area contributed by atoms with Gasteiger partial charge in [0.05, 0.1) is 45.0 Å². The number of hydrogen-bond acceptors (Lipinski definition) is 17. The van der Waals surface area contributed by atoms with Crippen LogP contribution < -0.4 is 10.9 Å². The highest BCUT2D eigenvalue weighted by Gasteiger charge is 2.56. The number of carbonyl (C=O) groups excluding carboxylic acids is 1. The summed E-state index contributed by atoms with van der Waals surface area (Å²) in [5.74, 6) is -1.29. The van der Waals surface area contributed by atoms with Gasteiger partial charge in [-0.2, -0.15) is 5.26 Å². The predicted molar refractivity (Wildman–Crippen MR) is 220 cm³/mol. The van der Waals surface area contributed by atoms with E-state index in [1.54, 1.807) is 30.3 Å². The maximum Gasteiger partial charge on any atom is 0.475 e. The van der Waals surface area contributed by atoms with Gasteiger partial charge in [-0.05, 0) is 30.3 Å². The summed E-state index contributed by atoms with van der Waals surface area (Å²) in [7, 11) is -12.7. The van der Waals surface area contributed by atoms with Crippen LogP contribution in [0.5, 0.6) is 0 Å². The Kier molecular flexibility index (Phi) is 12.4. The van der Waals surface area contributed by atoms with E-state index in [4.69, 9.17) is 36.5 Å². The molecule has 5 aromatic rings. The smallest absolute Gasteiger partial charge is 0.408 e. The zero-order valence-corrected chi connectivity index (χ0v) is 37.3. The molecule has 1 amide bonds. The maximum atomic E-state index is 15.5. The van der Waals surface area contributed by atoms with E-state index in [0.717, 1.165) is 17.1 Å². The number of rotatable bonds is 9. The molecule has 9 atom stereocenters. The van der Waals surface area contributed by atoms with E-state index in [1.165, 1.54) is 17.2 Å². The van der Waals surface area contributed by atoms with E-state index in [2.05, 4.69) is 30.2 Å². The number of nitrogens with one attached hydrogen (secondary N) is 2. The van der Waals surface area contributed by atoms with Crippen LogP contribution in [0.3, 0.4) is 0 Å². The third-order valence-corrected chi connectivity index (χ3v) is 18.2. The molecule has 0 radical (unpaired) electrons. The molecule has 3 aliphatic rings. The van der Waals surface area contributed by atoms with E-state index in [1.807, 2.05) is 39.9 Å². The molecule has 7 heterocycles. The average Bonchev–Trinajstić information content (AvgIpc) is 4.00. The number of ether oxygens (including phenoxy) is 2. The van der Waals surface area contributed by atoms with Gasteiger partial charge in [-0.15, -0.1) is 0 Å². The summed E-state index contributed by atoms with van der Waals surface area (Å²) >= 11 is 0. The van der Waals surface area contributed by atoms with E-state index in [9.17, 15) is 28.9 Å². The Balaban J connectivity index is 1.14. The van der Waals surface area contributed by atoms with Crippen LogP contribution in [0, 0.1) is 17.1 Å². The first-order chi connectivity index (χ1) is 29.9. The first-order valence-corrected chi connectivity index (χ1v) is 25.6. The van der Waals surface area contributed by atoms with Gasteiger partial charge in [0.1, 0.15) is 48.5 Å². The van der Waals surface area contributed by atoms with Crippen LogP contribution in [0.15, 0.2) is 60.3 Å². The minimum absolute atomic E-state index is 0.109. The molecular formula is C37H44FN9O13P2Si. The van der Waals surface area contributed by atoms with E-state index in [-0.39, 0.29) is 35.5 Å². The van der Waals surface area contributed by atoms with Crippen molar-refractivity contribution in [2.75, 3.05) is 25.1 Å². The minimum Gasteiger partial charge on any atom is -0.408 e. The number of nitriles is 1. The number of amides is 1. The SMILES string of the molecule is CC(C)(C)[Si](C)(C)OC1[C@H]2OP(=O)(OCCC#N)OC[C@H]3O[C@@H](n4cnc5c(NC(=O)c6ccccc6)ncnc54)C[C@@H]3OP(=O)(O)OC[C@H]1O[C@H]2n1cc(F)c2c(=O)[nH]cnc21. The summed E-state index contributed by atoms with van der Waals surface area (Å²) in [5, 5.41) is 11.3. The Morgan fingerprint density at radius 1 is 1.05 bits per heavy atom. The van der Waals surface area contributed by atoms with Crippen molar-refractivity contribution in [2.45, 2.75) is 94.7 Å². The normalized spacial score (nSPS) is 29.4. The molecule has 0 aliphatic carbocycles. The van der Waals surface area contributed by atoms with Crippen molar-refractivity contribution < 1.29 is 59.7 Å². The summed E-state index contributed by atoms with van der Waals surface area (Å²) in [4.78, 5) is 56.4. The van der Waals surface area contributed by atoms with Crippen molar-refractivity contribution >= 4 is 57.9 Å². The summed E-state index contributed by atoms with van der Waals surface area (Å²) < 4.78 is 95.8. The van der Waals surface area contributed by atoms with Crippen molar-refractivity contribution in [3.05, 3.63) is 77.2 Å². The number of H-pyrrole nitrogens is 1. The summed E-state index contributed by atoms with van der Waals surface area (Å²) in [6.07, 6.45) is -4.79. The topological polar surface area (TPSA) is 275 Å². The van der Waals surface area contributed by atoms with Crippen molar-refractivity contribution in [3.8, 4) is 6.07 Å². The molecule has 3 saturated heterocycles. The van der Waals surface area contributed by atoms with Gasteiger partial charge >= 0.3 is 15.6 Å². The van der Waals surface area contributed by atoms with Crippen LogP contribution in [-0.2, 0) is 45.6 Å². The number of aromatic nitrogens is 7. The molecule has 4 aromatic heterocycles. The molecule has 0 saturated carbocycles. The number of hydrogen-bond donors (Lipinski definition) is 3. The highest BCUT2D eigenvalue weighted by Crippen LogP contribution is 2.57. The van der Waals surface area contributed by atoms with Crippen LogP contribution in [0.2, 0.25) is 18.1 Å². The molecule has 3 aliphatic heterocycles. The lowest BCUT2D eigenvalue weighted by atomic mass is 10.1. The molecule has 0 spiro atoms. The number of carbonyl (C=O) groups is 1. The second-order valence-electron chi connectivity index (χ2n) is 16.4. The van der Waals surface area contributed by atoms with Crippen molar-refractivity contribution in [1.29, 1.82) is 5.26 Å². The molecule has 26 heteroatoms. The van der Waals surface area contributed by atoms with Crippen molar-refractivity contribution in [1.82, 2.24) is 34.1 Å². The van der Waals surface area contributed by atoms with Crippen LogP contribution in [0.25, 0.3) is 22.2 Å². The highest BCUT2D eigenvalue weighted by atomic mass is 31.2. The lowest BCUT2D eigenvalue weighted by Gasteiger charge is -2.40. The molecule has 3 unspecified atom stereocenters. The Morgan fingerprint density at radius 2 is 1.81 bits per heavy atom. The van der Waals surface area contributed by atoms with E-state index >= 15 is 4.39 Å². The Morgan fingerprint density at radius 3 is 2.56 bits per heavy atom. The van der Waals surface area contributed by atoms with Gasteiger partial charge in [-0.1, -0.05) is 39.0 Å². The fourth-order valence-electron chi connectivity index (χ4n) is 7.12. The Hall–Kier alpha value is -4.60. The average molecular weight is 932 g/mol. The number of benzene rings is 1. The van der Waals surface area contributed by atoms with E-state index < -0.39 is 114 Å². The molecule has 2 bridgehead atoms. The van der Waals surface area contributed by atoms with Crippen LogP contribution in [0.4, 0.5) is 10.2 Å². The fraction of sp³-hybridized carbons (Fsp3) is 0.486. The third kappa shape index (κ3) is 9.20. The van der Waals surface area contributed by atoms with Crippen molar-refractivity contribution in [3.63, 3.8) is 0 Å². The number of imidazole rings is 1. The van der Waals surface area contributed by atoms with Gasteiger partial charge in [0.2, 0.25) is 0 Å². The van der Waals surface area contributed by atoms with Gasteiger partial charge in [0.15, 0.2) is 43.0 Å². The van der Waals surface area contributed by atoms with Gasteiger partial charge < -0.3 is 33.7 Å². The first-order valence-electron chi connectivity index (χ1n) is 19.7. The molecule has 3 fully saturated rings. The predicted octanol–water partition coefficient (Wildman–Crippen LogP) is 5.49. The highest BCUT2D eigenvalue weighted by molar-refractivity contribution is 7.48. The lowest BCUT2D eigenvalue weighted by molar-refractivity contribution is -0.0690. The number of fused-ring (bicyclic) bond motifs is 5. The zero-order valence-electron chi connectivity index (χ0n) is 34.5. The summed E-state index contributed by atoms with van der Waals surface area (Å²) in [6.45, 7) is 8.00. The zero-order chi connectivity index (χ0) is 44.9. The standard InChI is InChI=1S/C37H44FN9O13P2Si/c1-37(2,3)63(4,5)60-29-25-17-54-61(50,51)58-23-14-26(47-20-44-28-31(40-18-42-33(28)47)45-34(48)21-10-7-6-8-11-21)56-24(23)16-55-62(52,53-13-9-12-39)59-30(29)36(57-25)46-15-22(38)27-32(46)41-19-43-35(27)49/h6-8,10-11,15,18-20,23-26,29-30,36H,9,13-14,16-17H2,1-5H3,(H,50,51)(H,41,43,49)(H,40,42,45,48)/t23-,24+,25+,26+,29?,30+,36+,62?/m0/s1. The first kappa shape index (κ1) is 45.0. The number of anilines is 1. The number of nitrogens with zero attached hydrogens (tertiary/aromatic N) is 7. The maximum absolute atomic E-state index is 15.5. The monoisotopic (exact) mass is 931 g/mol. The number of phosphoric ester groups is 2. The molecule has 63 heavy (non-hydrogen) atoms. The Bertz CT molecular complexity index is 2710. The largest absolute Gasteiger partial charge is 0.475 e. The third-order valence-electron chi connectivity index (χ3n) is 11.3.